The molecule has 4 nitrogen and oxygen atoms in total. The number of carbonyl (C=O) groups is 1. The van der Waals surface area contributed by atoms with Crippen molar-refractivity contribution >= 4 is 5.97 Å². The highest BCUT2D eigenvalue weighted by Gasteiger charge is 2.07. The lowest BCUT2D eigenvalue weighted by atomic mass is 10.0. The molecular formula is C34H68O4. The number of carbonyl (C=O) groups excluding carboxylic acids is 1. The maximum absolute atomic E-state index is 11.5. The molecule has 0 amide bonds. The first kappa shape index (κ1) is 37.4. The van der Waals surface area contributed by atoms with Crippen LogP contribution in [0.4, 0.5) is 0 Å². The van der Waals surface area contributed by atoms with Crippen molar-refractivity contribution < 1.29 is 19.7 Å². The number of hydrogen-bond donors (Lipinski definition) is 2. The molecule has 228 valence electrons. The lowest BCUT2D eigenvalue weighted by Crippen LogP contribution is -2.21. The van der Waals surface area contributed by atoms with Gasteiger partial charge in [0, 0.05) is 6.42 Å². The molecular weight excluding hydrogens is 472 g/mol. The first-order valence-corrected chi connectivity index (χ1v) is 17.1. The van der Waals surface area contributed by atoms with Gasteiger partial charge in [0.2, 0.25) is 0 Å². The molecule has 0 fully saturated rings. The maximum atomic E-state index is 11.5. The van der Waals surface area contributed by atoms with Crippen LogP contribution in [0.1, 0.15) is 193 Å². The van der Waals surface area contributed by atoms with E-state index in [2.05, 4.69) is 6.92 Å². The summed E-state index contributed by atoms with van der Waals surface area (Å²) >= 11 is 0. The Morgan fingerprint density at radius 2 is 0.763 bits per heavy atom. The van der Waals surface area contributed by atoms with Crippen LogP contribution in [0.25, 0.3) is 0 Å². The average molecular weight is 541 g/mol. The molecule has 0 saturated heterocycles. The lowest BCUT2D eigenvalue weighted by Gasteiger charge is -2.08. The summed E-state index contributed by atoms with van der Waals surface area (Å²) in [5.74, 6) is -0.271. The Morgan fingerprint density at radius 3 is 1.03 bits per heavy atom. The van der Waals surface area contributed by atoms with E-state index >= 15 is 0 Å². The highest BCUT2D eigenvalue weighted by molar-refractivity contribution is 5.69. The van der Waals surface area contributed by atoms with Crippen LogP contribution in [-0.4, -0.2) is 35.5 Å². The minimum Gasteiger partial charge on any atom is -0.463 e. The van der Waals surface area contributed by atoms with Gasteiger partial charge in [-0.05, 0) is 6.42 Å². The van der Waals surface area contributed by atoms with Gasteiger partial charge >= 0.3 is 5.97 Å². The van der Waals surface area contributed by atoms with Crippen LogP contribution in [0.3, 0.4) is 0 Å². The van der Waals surface area contributed by atoms with Gasteiger partial charge in [0.1, 0.15) is 12.7 Å². The average Bonchev–Trinajstić information content (AvgIpc) is 2.93. The van der Waals surface area contributed by atoms with E-state index in [4.69, 9.17) is 14.9 Å². The van der Waals surface area contributed by atoms with E-state index in [1.165, 1.54) is 167 Å². The summed E-state index contributed by atoms with van der Waals surface area (Å²) < 4.78 is 4.91. The molecule has 0 aromatic rings. The van der Waals surface area contributed by atoms with Gasteiger partial charge in [0.25, 0.3) is 0 Å². The fraction of sp³-hybridized carbons (Fsp3) is 0.971. The van der Waals surface area contributed by atoms with Crippen molar-refractivity contribution in [3.05, 3.63) is 0 Å². The minimum atomic E-state index is -0.956. The second-order valence-electron chi connectivity index (χ2n) is 11.8. The number of rotatable bonds is 32. The van der Waals surface area contributed by atoms with Gasteiger partial charge in [-0.3, -0.25) is 4.79 Å². The zero-order valence-corrected chi connectivity index (χ0v) is 25.7. The Hall–Kier alpha value is -0.610. The molecule has 4 heteroatoms. The quantitative estimate of drug-likeness (QED) is 0.0658. The molecule has 38 heavy (non-hydrogen) atoms. The second kappa shape index (κ2) is 32.6. The summed E-state index contributed by atoms with van der Waals surface area (Å²) in [4.78, 5) is 11.5. The van der Waals surface area contributed by atoms with Crippen LogP contribution in [0.2, 0.25) is 0 Å². The number of esters is 1. The van der Waals surface area contributed by atoms with Gasteiger partial charge in [0.15, 0.2) is 0 Å². The third kappa shape index (κ3) is 31.6. The van der Waals surface area contributed by atoms with Crippen molar-refractivity contribution in [3.8, 4) is 0 Å². The number of aliphatic hydroxyl groups is 2. The molecule has 0 heterocycles. The summed E-state index contributed by atoms with van der Waals surface area (Å²) in [7, 11) is 0. The van der Waals surface area contributed by atoms with Crippen molar-refractivity contribution in [2.75, 3.05) is 13.2 Å². The van der Waals surface area contributed by atoms with Crippen molar-refractivity contribution in [2.24, 2.45) is 0 Å². The highest BCUT2D eigenvalue weighted by Crippen LogP contribution is 2.16. The predicted octanol–water partition coefficient (Wildman–Crippen LogP) is 10.2. The lowest BCUT2D eigenvalue weighted by molar-refractivity contribution is -0.147. The predicted molar refractivity (Wildman–Crippen MR) is 164 cm³/mol. The molecule has 1 atom stereocenters. The number of unbranched alkanes of at least 4 members (excludes halogenated alkanes) is 27. The standard InChI is InChI=1S/C34H68O4/c1-2-3-4-5-6-7-8-9-10-11-12-13-14-15-16-17-18-19-20-21-22-23-24-25-26-27-28-29-30-34(37)38-32-33(36)31-35/h33,35-36H,2-32H2,1H3. The molecule has 0 aliphatic carbocycles. The molecule has 0 aromatic heterocycles. The van der Waals surface area contributed by atoms with Crippen LogP contribution in [0.15, 0.2) is 0 Å². The molecule has 0 rings (SSSR count). The van der Waals surface area contributed by atoms with Crippen molar-refractivity contribution in [2.45, 2.75) is 199 Å². The zero-order chi connectivity index (χ0) is 27.8. The molecule has 0 radical (unpaired) electrons. The minimum absolute atomic E-state index is 0.102. The van der Waals surface area contributed by atoms with E-state index in [9.17, 15) is 4.79 Å². The largest absolute Gasteiger partial charge is 0.463 e. The second-order valence-corrected chi connectivity index (χ2v) is 11.8. The van der Waals surface area contributed by atoms with Gasteiger partial charge in [-0.25, -0.2) is 0 Å². The molecule has 0 aromatic carbocycles. The van der Waals surface area contributed by atoms with Gasteiger partial charge in [-0.2, -0.15) is 0 Å². The van der Waals surface area contributed by atoms with Crippen LogP contribution in [0.5, 0.6) is 0 Å². The van der Waals surface area contributed by atoms with Crippen molar-refractivity contribution in [1.82, 2.24) is 0 Å². The normalized spacial score (nSPS) is 12.2. The Balaban J connectivity index is 3.09. The molecule has 0 aliphatic heterocycles. The summed E-state index contributed by atoms with van der Waals surface area (Å²) in [6.45, 7) is 1.82. The van der Waals surface area contributed by atoms with E-state index in [0.29, 0.717) is 6.42 Å². The SMILES string of the molecule is CCCCCCCCCCCCCCCCCCCCCCCCCCCCCCC(=O)OCC(O)CO. The number of ether oxygens (including phenoxy) is 1. The Kier molecular flexibility index (Phi) is 32.1. The van der Waals surface area contributed by atoms with Crippen LogP contribution in [0, 0.1) is 0 Å². The van der Waals surface area contributed by atoms with Crippen LogP contribution >= 0.6 is 0 Å². The summed E-state index contributed by atoms with van der Waals surface area (Å²) in [6.07, 6.45) is 38.2. The summed E-state index contributed by atoms with van der Waals surface area (Å²) in [5.41, 5.74) is 0. The zero-order valence-electron chi connectivity index (χ0n) is 25.7. The van der Waals surface area contributed by atoms with Crippen LogP contribution in [-0.2, 0) is 9.53 Å². The van der Waals surface area contributed by atoms with Crippen molar-refractivity contribution in [1.29, 1.82) is 0 Å². The first-order valence-electron chi connectivity index (χ1n) is 17.1. The van der Waals surface area contributed by atoms with E-state index in [-0.39, 0.29) is 19.2 Å². The molecule has 0 saturated carbocycles. The van der Waals surface area contributed by atoms with Crippen LogP contribution < -0.4 is 0 Å². The monoisotopic (exact) mass is 541 g/mol. The van der Waals surface area contributed by atoms with Gasteiger partial charge < -0.3 is 14.9 Å². The maximum Gasteiger partial charge on any atom is 0.305 e. The first-order chi connectivity index (χ1) is 18.7. The number of hydrogen-bond acceptors (Lipinski definition) is 4. The van der Waals surface area contributed by atoms with Crippen molar-refractivity contribution in [3.63, 3.8) is 0 Å². The Bertz CT molecular complexity index is 454. The summed E-state index contributed by atoms with van der Waals surface area (Å²) in [5, 5.41) is 17.8. The van der Waals surface area contributed by atoms with E-state index in [0.717, 1.165) is 12.8 Å². The van der Waals surface area contributed by atoms with Gasteiger partial charge in [-0.15, -0.1) is 0 Å². The molecule has 0 aliphatic rings. The van der Waals surface area contributed by atoms with Gasteiger partial charge in [0.05, 0.1) is 6.61 Å². The molecule has 1 unspecified atom stereocenters. The van der Waals surface area contributed by atoms with Gasteiger partial charge in [-0.1, -0.05) is 180 Å². The third-order valence-electron chi connectivity index (χ3n) is 7.88. The smallest absolute Gasteiger partial charge is 0.305 e. The Morgan fingerprint density at radius 1 is 0.500 bits per heavy atom. The molecule has 0 bridgehead atoms. The topological polar surface area (TPSA) is 66.8 Å². The highest BCUT2D eigenvalue weighted by atomic mass is 16.5. The molecule has 2 N–H and O–H groups in total. The number of aliphatic hydroxyl groups excluding tert-OH is 2. The summed E-state index contributed by atoms with van der Waals surface area (Å²) in [6, 6.07) is 0. The fourth-order valence-corrected chi connectivity index (χ4v) is 5.25. The Labute approximate surface area is 238 Å². The molecule has 0 spiro atoms. The van der Waals surface area contributed by atoms with E-state index in [1.807, 2.05) is 0 Å². The third-order valence-corrected chi connectivity index (χ3v) is 7.88. The van der Waals surface area contributed by atoms with E-state index in [1.54, 1.807) is 0 Å². The fourth-order valence-electron chi connectivity index (χ4n) is 5.25. The van der Waals surface area contributed by atoms with E-state index < -0.39 is 6.10 Å².